The van der Waals surface area contributed by atoms with Crippen molar-refractivity contribution in [3.05, 3.63) is 24.0 Å². The van der Waals surface area contributed by atoms with E-state index in [2.05, 4.69) is 15.3 Å². The molecule has 2 fully saturated rings. The Labute approximate surface area is 186 Å². The van der Waals surface area contributed by atoms with Crippen LogP contribution >= 0.6 is 0 Å². The van der Waals surface area contributed by atoms with Crippen LogP contribution in [0.2, 0.25) is 0 Å². The van der Waals surface area contributed by atoms with Crippen LogP contribution in [0.1, 0.15) is 32.4 Å². The molecule has 0 aliphatic heterocycles. The number of pyridine rings is 1. The first-order valence-corrected chi connectivity index (χ1v) is 10.9. The van der Waals surface area contributed by atoms with E-state index >= 15 is 0 Å². The monoisotopic (exact) mass is 443 g/mol. The Morgan fingerprint density at radius 2 is 2.09 bits per heavy atom. The lowest BCUT2D eigenvalue weighted by Gasteiger charge is -2.19. The van der Waals surface area contributed by atoms with Gasteiger partial charge in [-0.1, -0.05) is 19.1 Å². The van der Waals surface area contributed by atoms with Gasteiger partial charge in [0.2, 0.25) is 0 Å². The number of ether oxygens (including phenoxy) is 2. The molecule has 2 aliphatic carbocycles. The van der Waals surface area contributed by atoms with Gasteiger partial charge in [0.15, 0.2) is 0 Å². The summed E-state index contributed by atoms with van der Waals surface area (Å²) in [5.41, 5.74) is 1.76. The molecule has 10 nitrogen and oxygen atoms in total. The molecule has 172 valence electrons. The molecule has 0 saturated heterocycles. The normalized spacial score (nSPS) is 23.7. The summed E-state index contributed by atoms with van der Waals surface area (Å²) in [6.45, 7) is 4.70. The van der Waals surface area contributed by atoms with Gasteiger partial charge in [0.25, 0.3) is 0 Å². The molecule has 32 heavy (non-hydrogen) atoms. The number of carbonyl (C=O) groups is 2. The van der Waals surface area contributed by atoms with Crippen molar-refractivity contribution in [2.24, 2.45) is 30.7 Å². The number of hydrogen-bond donors (Lipinski definition) is 1. The highest BCUT2D eigenvalue weighted by molar-refractivity contribution is 5.75. The minimum Gasteiger partial charge on any atom is -0.488 e. The molecule has 0 radical (unpaired) electrons. The molecule has 1 unspecified atom stereocenters. The van der Waals surface area contributed by atoms with Crippen molar-refractivity contribution in [3.63, 3.8) is 0 Å². The maximum atomic E-state index is 12.2. The van der Waals surface area contributed by atoms with Crippen molar-refractivity contribution in [3.8, 4) is 17.1 Å². The fourth-order valence-electron chi connectivity index (χ4n) is 4.68. The van der Waals surface area contributed by atoms with Crippen LogP contribution in [-0.2, 0) is 23.2 Å². The van der Waals surface area contributed by atoms with Gasteiger partial charge in [0, 0.05) is 26.6 Å². The number of fused-ring (bicyclic) bond motifs is 1. The Kier molecular flexibility index (Phi) is 6.03. The first-order chi connectivity index (χ1) is 15.3. The summed E-state index contributed by atoms with van der Waals surface area (Å²) in [4.78, 5) is 29.5. The topological polar surface area (TPSA) is 120 Å². The van der Waals surface area contributed by atoms with Crippen LogP contribution in [0.15, 0.2) is 18.3 Å². The van der Waals surface area contributed by atoms with E-state index in [0.717, 1.165) is 12.8 Å². The van der Waals surface area contributed by atoms with Crippen molar-refractivity contribution in [2.45, 2.75) is 39.4 Å². The fraction of sp³-hybridized carbons (Fsp3) is 0.591. The molecule has 2 aliphatic rings. The zero-order chi connectivity index (χ0) is 23.0. The summed E-state index contributed by atoms with van der Waals surface area (Å²) in [7, 11) is 3.44. The average Bonchev–Trinajstić information content (AvgIpc) is 3.17. The van der Waals surface area contributed by atoms with Crippen LogP contribution in [-0.4, -0.2) is 61.7 Å². The van der Waals surface area contributed by atoms with E-state index in [4.69, 9.17) is 9.47 Å². The molecule has 1 N–H and O–H groups in total. The minimum absolute atomic E-state index is 0.0295. The van der Waals surface area contributed by atoms with Gasteiger partial charge in [-0.25, -0.2) is 9.48 Å². The summed E-state index contributed by atoms with van der Waals surface area (Å²) < 4.78 is 13.0. The lowest BCUT2D eigenvalue weighted by atomic mass is 10.1. The van der Waals surface area contributed by atoms with Crippen molar-refractivity contribution < 1.29 is 24.2 Å². The number of carbonyl (C=O) groups excluding carboxylic acids is 1. The zero-order valence-electron chi connectivity index (χ0n) is 18.8. The first-order valence-electron chi connectivity index (χ1n) is 10.9. The molecule has 2 heterocycles. The summed E-state index contributed by atoms with van der Waals surface area (Å²) in [6, 6.07) is 3.58. The van der Waals surface area contributed by atoms with Crippen molar-refractivity contribution >= 4 is 12.1 Å². The van der Waals surface area contributed by atoms with Gasteiger partial charge in [0.05, 0.1) is 17.8 Å². The highest BCUT2D eigenvalue weighted by Gasteiger charge is 2.62. The molecular weight excluding hydrogens is 414 g/mol. The summed E-state index contributed by atoms with van der Waals surface area (Å²) >= 11 is 0. The van der Waals surface area contributed by atoms with Crippen LogP contribution in [0.3, 0.4) is 0 Å². The number of amides is 1. The van der Waals surface area contributed by atoms with Gasteiger partial charge in [-0.05, 0) is 36.8 Å². The fourth-order valence-corrected chi connectivity index (χ4v) is 4.68. The Balaban J connectivity index is 1.39. The molecule has 2 saturated carbocycles. The second-order valence-corrected chi connectivity index (χ2v) is 9.06. The number of aromatic nitrogens is 4. The van der Waals surface area contributed by atoms with Gasteiger partial charge in [-0.2, -0.15) is 0 Å². The quantitative estimate of drug-likeness (QED) is 0.661. The SMILES string of the molecule is CC(C)CN(C)C(=O)OCc1c(-c2ccc(O[C@@H]3CC[C@H]4C(C(=O)O)[C@@H]34)cn2)nnn1C. The Hall–Kier alpha value is -3.17. The molecule has 10 heteroatoms. The van der Waals surface area contributed by atoms with Crippen LogP contribution in [0.25, 0.3) is 11.4 Å². The smallest absolute Gasteiger partial charge is 0.409 e. The van der Waals surface area contributed by atoms with Crippen LogP contribution in [0.4, 0.5) is 4.79 Å². The highest BCUT2D eigenvalue weighted by atomic mass is 16.6. The van der Waals surface area contributed by atoms with Gasteiger partial charge in [-0.3, -0.25) is 9.78 Å². The van der Waals surface area contributed by atoms with E-state index in [1.165, 1.54) is 0 Å². The van der Waals surface area contributed by atoms with E-state index in [-0.39, 0.29) is 30.5 Å². The molecule has 0 bridgehead atoms. The first kappa shape index (κ1) is 22.0. The van der Waals surface area contributed by atoms with Crippen molar-refractivity contribution in [1.29, 1.82) is 0 Å². The molecule has 0 aromatic carbocycles. The number of aliphatic carboxylic acids is 1. The summed E-state index contributed by atoms with van der Waals surface area (Å²) in [6.07, 6.45) is 2.89. The number of rotatable bonds is 8. The third-order valence-electron chi connectivity index (χ3n) is 6.22. The van der Waals surface area contributed by atoms with Gasteiger partial charge < -0.3 is 19.5 Å². The minimum atomic E-state index is -0.729. The van der Waals surface area contributed by atoms with Crippen molar-refractivity contribution in [2.75, 3.05) is 13.6 Å². The predicted octanol–water partition coefficient (Wildman–Crippen LogP) is 2.59. The summed E-state index contributed by atoms with van der Waals surface area (Å²) in [5.74, 6) is 0.286. The molecule has 2 aromatic heterocycles. The van der Waals surface area contributed by atoms with Crippen molar-refractivity contribution in [1.82, 2.24) is 24.9 Å². The van der Waals surface area contributed by atoms with Crippen LogP contribution in [0, 0.1) is 23.7 Å². The Morgan fingerprint density at radius 3 is 2.72 bits per heavy atom. The highest BCUT2D eigenvalue weighted by Crippen LogP contribution is 2.58. The second kappa shape index (κ2) is 8.76. The largest absolute Gasteiger partial charge is 0.488 e. The van der Waals surface area contributed by atoms with E-state index < -0.39 is 12.1 Å². The van der Waals surface area contributed by atoms with Gasteiger partial charge >= 0.3 is 12.1 Å². The number of carboxylic acids is 1. The lowest BCUT2D eigenvalue weighted by Crippen LogP contribution is -2.30. The molecule has 4 atom stereocenters. The molecule has 1 amide bonds. The predicted molar refractivity (Wildman–Crippen MR) is 114 cm³/mol. The number of nitrogens with zero attached hydrogens (tertiary/aromatic N) is 5. The number of hydrogen-bond acceptors (Lipinski definition) is 7. The van der Waals surface area contributed by atoms with Gasteiger partial charge in [-0.15, -0.1) is 5.10 Å². The Morgan fingerprint density at radius 1 is 1.31 bits per heavy atom. The maximum absolute atomic E-state index is 12.2. The van der Waals surface area contributed by atoms with E-state index in [9.17, 15) is 14.7 Å². The number of aryl methyl sites for hydroxylation is 1. The van der Waals surface area contributed by atoms with Crippen LogP contribution in [0.5, 0.6) is 5.75 Å². The molecule has 0 spiro atoms. The maximum Gasteiger partial charge on any atom is 0.409 e. The molecular formula is C22H29N5O5. The zero-order valence-corrected chi connectivity index (χ0v) is 18.8. The number of carboxylic acid groups (broad SMARTS) is 1. The van der Waals surface area contributed by atoms with E-state index in [1.807, 2.05) is 13.8 Å². The summed E-state index contributed by atoms with van der Waals surface area (Å²) in [5, 5.41) is 17.5. The van der Waals surface area contributed by atoms with E-state index in [1.54, 1.807) is 42.0 Å². The average molecular weight is 444 g/mol. The van der Waals surface area contributed by atoms with Crippen LogP contribution < -0.4 is 4.74 Å². The molecule has 4 rings (SSSR count). The molecule has 2 aromatic rings. The second-order valence-electron chi connectivity index (χ2n) is 9.06. The standard InChI is InChI=1S/C22H29N5O5/c1-12(2)10-26(3)22(30)31-11-16-20(24-25-27(16)4)15-7-5-13(9-23-15)32-17-8-6-14-18(17)19(14)21(28)29/h5,7,9,12,14,17-19H,6,8,10-11H2,1-4H3,(H,28,29)/t14-,17-,18-,19?/m1/s1. The van der Waals surface area contributed by atoms with E-state index in [0.29, 0.717) is 35.3 Å². The third kappa shape index (κ3) is 4.39. The van der Waals surface area contributed by atoms with Gasteiger partial charge in [0.1, 0.15) is 29.8 Å². The lowest BCUT2D eigenvalue weighted by molar-refractivity contribution is -0.139. The Bertz CT molecular complexity index is 989. The third-order valence-corrected chi connectivity index (χ3v) is 6.22.